The van der Waals surface area contributed by atoms with Gasteiger partial charge in [0.15, 0.2) is 0 Å². The number of non-ortho nitro benzene ring substituents is 2. The number of aromatic hydroxyl groups is 3. The first-order valence-corrected chi connectivity index (χ1v) is 8.96. The first-order chi connectivity index (χ1) is 14.2. The standard InChI is InChI=1S/C20H15ClN2O7/c21-15-7-13(5-11-9-16(22(27)28)1-3-18(11)24)20(26)14(8-15)6-12-10-17(23(29)30)2-4-19(12)25/h1-4,7-10,24-26H,5-6H2. The number of phenols is 3. The van der Waals surface area contributed by atoms with E-state index >= 15 is 0 Å². The Hall–Kier alpha value is -3.85. The maximum atomic E-state index is 11.0. The first kappa shape index (κ1) is 20.9. The molecule has 3 N–H and O–H groups in total. The van der Waals surface area contributed by atoms with Crippen molar-refractivity contribution in [2.45, 2.75) is 12.8 Å². The molecule has 0 aliphatic rings. The second-order valence-electron chi connectivity index (χ2n) is 6.57. The molecule has 0 aliphatic heterocycles. The molecular formula is C20H15ClN2O7. The number of hydrogen-bond donors (Lipinski definition) is 3. The average Bonchev–Trinajstić information content (AvgIpc) is 2.68. The van der Waals surface area contributed by atoms with Crippen molar-refractivity contribution >= 4 is 23.0 Å². The van der Waals surface area contributed by atoms with E-state index in [0.717, 1.165) is 12.1 Å². The van der Waals surface area contributed by atoms with Crippen LogP contribution in [0.15, 0.2) is 48.5 Å². The summed E-state index contributed by atoms with van der Waals surface area (Å²) in [5, 5.41) is 53.0. The number of nitro groups is 2. The fourth-order valence-electron chi connectivity index (χ4n) is 3.05. The minimum atomic E-state index is -0.600. The highest BCUT2D eigenvalue weighted by Crippen LogP contribution is 2.35. The molecular weight excluding hydrogens is 416 g/mol. The molecule has 0 unspecified atom stereocenters. The lowest BCUT2D eigenvalue weighted by atomic mass is 9.96. The summed E-state index contributed by atoms with van der Waals surface area (Å²) in [6.07, 6.45) is -0.0956. The van der Waals surface area contributed by atoms with Crippen molar-refractivity contribution < 1.29 is 25.2 Å². The highest BCUT2D eigenvalue weighted by molar-refractivity contribution is 6.30. The van der Waals surface area contributed by atoms with Crippen LogP contribution in [-0.2, 0) is 12.8 Å². The van der Waals surface area contributed by atoms with Crippen molar-refractivity contribution in [3.05, 3.63) is 96.0 Å². The highest BCUT2D eigenvalue weighted by atomic mass is 35.5. The Labute approximate surface area is 174 Å². The van der Waals surface area contributed by atoms with Crippen LogP contribution in [0.5, 0.6) is 17.2 Å². The summed E-state index contributed by atoms with van der Waals surface area (Å²) in [7, 11) is 0. The van der Waals surface area contributed by atoms with Gasteiger partial charge in [0.1, 0.15) is 17.2 Å². The monoisotopic (exact) mass is 430 g/mol. The van der Waals surface area contributed by atoms with Gasteiger partial charge in [-0.25, -0.2) is 0 Å². The van der Waals surface area contributed by atoms with Crippen molar-refractivity contribution in [2.24, 2.45) is 0 Å². The molecule has 30 heavy (non-hydrogen) atoms. The van der Waals surface area contributed by atoms with Crippen LogP contribution in [0.2, 0.25) is 5.02 Å². The van der Waals surface area contributed by atoms with E-state index in [2.05, 4.69) is 0 Å². The lowest BCUT2D eigenvalue weighted by Crippen LogP contribution is -1.98. The largest absolute Gasteiger partial charge is 0.508 e. The predicted molar refractivity (Wildman–Crippen MR) is 108 cm³/mol. The van der Waals surface area contributed by atoms with E-state index < -0.39 is 9.85 Å². The zero-order valence-electron chi connectivity index (χ0n) is 15.3. The number of phenolic OH excluding ortho intramolecular Hbond substituents is 3. The molecule has 0 aromatic heterocycles. The predicted octanol–water partition coefficient (Wildman–Crippen LogP) is 4.45. The Morgan fingerprint density at radius 1 is 0.700 bits per heavy atom. The zero-order chi connectivity index (χ0) is 22.0. The van der Waals surface area contributed by atoms with E-state index in [9.17, 15) is 35.5 Å². The van der Waals surface area contributed by atoms with Crippen LogP contribution in [0, 0.1) is 20.2 Å². The SMILES string of the molecule is O=[N+]([O-])c1ccc(O)c(Cc2cc(Cl)cc(Cc3cc([N+](=O)[O-])ccc3O)c2O)c1. The van der Waals surface area contributed by atoms with Gasteiger partial charge in [-0.05, 0) is 24.3 Å². The normalized spacial score (nSPS) is 10.7. The third-order valence-electron chi connectivity index (χ3n) is 4.54. The second kappa shape index (κ2) is 8.26. The summed E-state index contributed by atoms with van der Waals surface area (Å²) < 4.78 is 0. The van der Waals surface area contributed by atoms with Crippen LogP contribution in [-0.4, -0.2) is 25.2 Å². The Bertz CT molecular complexity index is 1080. The van der Waals surface area contributed by atoms with Gasteiger partial charge in [-0.3, -0.25) is 20.2 Å². The molecule has 0 saturated heterocycles. The number of nitrogens with zero attached hydrogens (tertiary/aromatic N) is 2. The number of hydrogen-bond acceptors (Lipinski definition) is 7. The lowest BCUT2D eigenvalue weighted by molar-refractivity contribution is -0.385. The number of halogens is 1. The zero-order valence-corrected chi connectivity index (χ0v) is 16.0. The molecule has 0 atom stereocenters. The van der Waals surface area contributed by atoms with Gasteiger partial charge in [-0.1, -0.05) is 11.6 Å². The third-order valence-corrected chi connectivity index (χ3v) is 4.76. The third kappa shape index (κ3) is 4.41. The molecule has 3 rings (SSSR count). The molecule has 0 bridgehead atoms. The fourth-order valence-corrected chi connectivity index (χ4v) is 3.31. The molecule has 0 heterocycles. The Morgan fingerprint density at radius 2 is 1.10 bits per heavy atom. The maximum absolute atomic E-state index is 11.0. The average molecular weight is 431 g/mol. The summed E-state index contributed by atoms with van der Waals surface area (Å²) in [6, 6.07) is 10.00. The minimum Gasteiger partial charge on any atom is -0.508 e. The topological polar surface area (TPSA) is 147 Å². The van der Waals surface area contributed by atoms with Crippen molar-refractivity contribution in [1.29, 1.82) is 0 Å². The Morgan fingerprint density at radius 3 is 1.47 bits per heavy atom. The van der Waals surface area contributed by atoms with Crippen molar-refractivity contribution in [3.63, 3.8) is 0 Å². The van der Waals surface area contributed by atoms with Crippen LogP contribution < -0.4 is 0 Å². The highest BCUT2D eigenvalue weighted by Gasteiger charge is 2.17. The smallest absolute Gasteiger partial charge is 0.269 e. The molecule has 10 heteroatoms. The van der Waals surface area contributed by atoms with E-state index in [0.29, 0.717) is 11.1 Å². The molecule has 0 aliphatic carbocycles. The number of benzene rings is 3. The molecule has 0 saturated carbocycles. The minimum absolute atomic E-state index is 0.0478. The van der Waals surface area contributed by atoms with Gasteiger partial charge in [0, 0.05) is 64.4 Å². The number of rotatable bonds is 6. The quantitative estimate of drug-likeness (QED) is 0.386. The second-order valence-corrected chi connectivity index (χ2v) is 7.00. The lowest BCUT2D eigenvalue weighted by Gasteiger charge is -2.13. The molecule has 154 valence electrons. The Kier molecular flexibility index (Phi) is 5.74. The van der Waals surface area contributed by atoms with Gasteiger partial charge in [0.05, 0.1) is 9.85 Å². The van der Waals surface area contributed by atoms with Gasteiger partial charge < -0.3 is 15.3 Å². The van der Waals surface area contributed by atoms with Gasteiger partial charge in [0.2, 0.25) is 0 Å². The summed E-state index contributed by atoms with van der Waals surface area (Å²) in [5.74, 6) is -0.563. The Balaban J connectivity index is 1.99. The van der Waals surface area contributed by atoms with Crippen LogP contribution >= 0.6 is 11.6 Å². The summed E-state index contributed by atoms with van der Waals surface area (Å²) >= 11 is 6.14. The van der Waals surface area contributed by atoms with Crippen LogP contribution in [0.3, 0.4) is 0 Å². The molecule has 0 fully saturated rings. The van der Waals surface area contributed by atoms with E-state index in [-0.39, 0.29) is 57.6 Å². The van der Waals surface area contributed by atoms with Gasteiger partial charge in [-0.2, -0.15) is 0 Å². The summed E-state index contributed by atoms with van der Waals surface area (Å²) in [6.45, 7) is 0. The summed E-state index contributed by atoms with van der Waals surface area (Å²) in [5.41, 5.74) is 0.574. The van der Waals surface area contributed by atoms with E-state index in [1.165, 1.54) is 36.4 Å². The van der Waals surface area contributed by atoms with Gasteiger partial charge in [-0.15, -0.1) is 0 Å². The molecule has 3 aromatic rings. The van der Waals surface area contributed by atoms with Gasteiger partial charge in [0.25, 0.3) is 11.4 Å². The molecule has 0 amide bonds. The number of nitro benzene ring substituents is 2. The van der Waals surface area contributed by atoms with Crippen molar-refractivity contribution in [2.75, 3.05) is 0 Å². The molecule has 0 spiro atoms. The molecule has 0 radical (unpaired) electrons. The van der Waals surface area contributed by atoms with E-state index in [1.807, 2.05) is 0 Å². The van der Waals surface area contributed by atoms with Crippen LogP contribution in [0.4, 0.5) is 11.4 Å². The summed E-state index contributed by atoms with van der Waals surface area (Å²) in [4.78, 5) is 20.8. The molecule has 9 nitrogen and oxygen atoms in total. The van der Waals surface area contributed by atoms with Crippen LogP contribution in [0.1, 0.15) is 22.3 Å². The maximum Gasteiger partial charge on any atom is 0.269 e. The van der Waals surface area contributed by atoms with Gasteiger partial charge >= 0.3 is 0 Å². The molecule has 3 aromatic carbocycles. The van der Waals surface area contributed by atoms with Crippen molar-refractivity contribution in [1.82, 2.24) is 0 Å². The van der Waals surface area contributed by atoms with Crippen LogP contribution in [0.25, 0.3) is 0 Å². The van der Waals surface area contributed by atoms with E-state index in [4.69, 9.17) is 11.6 Å². The van der Waals surface area contributed by atoms with Crippen molar-refractivity contribution in [3.8, 4) is 17.2 Å². The van der Waals surface area contributed by atoms with E-state index in [1.54, 1.807) is 0 Å². The first-order valence-electron chi connectivity index (χ1n) is 8.58. The fraction of sp³-hybridized carbons (Fsp3) is 0.100.